The molecule has 0 bridgehead atoms. The molecule has 0 aliphatic carbocycles. The number of likely N-dealkylation sites (N-methyl/N-ethyl adjacent to an activating group) is 1. The molecule has 0 saturated carbocycles. The van der Waals surface area contributed by atoms with Gasteiger partial charge in [-0.1, -0.05) is 36.8 Å². The number of sulfonamides is 1. The minimum Gasteiger partial charge on any atom is -0.387 e. The van der Waals surface area contributed by atoms with E-state index in [4.69, 9.17) is 0 Å². The van der Waals surface area contributed by atoms with Crippen LogP contribution in [0.3, 0.4) is 0 Å². The summed E-state index contributed by atoms with van der Waals surface area (Å²) in [5, 5.41) is 10.1. The Morgan fingerprint density at radius 3 is 2.22 bits per heavy atom. The van der Waals surface area contributed by atoms with Crippen LogP contribution in [0, 0.1) is 6.92 Å². The second-order valence-corrected chi connectivity index (χ2v) is 6.54. The molecule has 0 amide bonds. The molecule has 0 heterocycles. The van der Waals surface area contributed by atoms with Crippen molar-refractivity contribution in [3.63, 3.8) is 0 Å². The van der Waals surface area contributed by atoms with E-state index in [0.29, 0.717) is 6.54 Å². The van der Waals surface area contributed by atoms with Gasteiger partial charge in [0, 0.05) is 13.1 Å². The zero-order chi connectivity index (χ0) is 13.8. The van der Waals surface area contributed by atoms with Gasteiger partial charge in [0.1, 0.15) is 0 Å². The Morgan fingerprint density at radius 2 is 1.78 bits per heavy atom. The van der Waals surface area contributed by atoms with E-state index >= 15 is 0 Å². The van der Waals surface area contributed by atoms with Crippen LogP contribution in [0.25, 0.3) is 0 Å². The molecule has 1 unspecified atom stereocenters. The van der Waals surface area contributed by atoms with Gasteiger partial charge in [-0.15, -0.1) is 0 Å². The van der Waals surface area contributed by atoms with Gasteiger partial charge in [-0.25, -0.2) is 8.42 Å². The maximum atomic E-state index is 11.8. The number of hydrogen-bond acceptors (Lipinski definition) is 3. The summed E-state index contributed by atoms with van der Waals surface area (Å²) >= 11 is 0. The van der Waals surface area contributed by atoms with E-state index in [9.17, 15) is 13.5 Å². The van der Waals surface area contributed by atoms with Crippen molar-refractivity contribution in [1.29, 1.82) is 0 Å². The molecule has 0 radical (unpaired) electrons. The fourth-order valence-electron chi connectivity index (χ4n) is 1.71. The summed E-state index contributed by atoms with van der Waals surface area (Å²) in [4.78, 5) is 0. The summed E-state index contributed by atoms with van der Waals surface area (Å²) in [5.74, 6) is 0.0570. The van der Waals surface area contributed by atoms with Crippen molar-refractivity contribution in [2.45, 2.75) is 26.9 Å². The third-order valence-corrected chi connectivity index (χ3v) is 4.87. The Labute approximate surface area is 109 Å². The molecule has 102 valence electrons. The molecule has 1 N–H and O–H groups in total. The summed E-state index contributed by atoms with van der Waals surface area (Å²) in [7, 11) is -3.25. The van der Waals surface area contributed by atoms with E-state index in [2.05, 4.69) is 0 Å². The Hall–Kier alpha value is -0.910. The van der Waals surface area contributed by atoms with Crippen LogP contribution in [-0.2, 0) is 10.0 Å². The van der Waals surface area contributed by atoms with Crippen molar-refractivity contribution in [2.75, 3.05) is 18.8 Å². The highest BCUT2D eigenvalue weighted by atomic mass is 32.2. The Balaban J connectivity index is 2.80. The highest BCUT2D eigenvalue weighted by Gasteiger charge is 2.21. The summed E-state index contributed by atoms with van der Waals surface area (Å²) < 4.78 is 24.8. The van der Waals surface area contributed by atoms with E-state index in [1.807, 2.05) is 31.2 Å². The number of aliphatic hydroxyl groups excluding tert-OH is 1. The molecule has 5 heteroatoms. The predicted molar refractivity (Wildman–Crippen MR) is 72.8 cm³/mol. The molecule has 18 heavy (non-hydrogen) atoms. The Morgan fingerprint density at radius 1 is 1.22 bits per heavy atom. The van der Waals surface area contributed by atoms with Crippen LogP contribution in [0.4, 0.5) is 0 Å². The van der Waals surface area contributed by atoms with Crippen LogP contribution in [0.1, 0.15) is 31.1 Å². The van der Waals surface area contributed by atoms with Crippen LogP contribution in [0.5, 0.6) is 0 Å². The van der Waals surface area contributed by atoms with Gasteiger partial charge < -0.3 is 5.11 Å². The smallest absolute Gasteiger partial charge is 0.213 e. The van der Waals surface area contributed by atoms with Gasteiger partial charge in [0.15, 0.2) is 0 Å². The number of hydrogen-bond donors (Lipinski definition) is 1. The molecule has 0 aliphatic heterocycles. The first-order chi connectivity index (χ1) is 8.40. The van der Waals surface area contributed by atoms with Crippen molar-refractivity contribution >= 4 is 10.0 Å². The fourth-order valence-corrected chi connectivity index (χ4v) is 2.84. The zero-order valence-corrected chi connectivity index (χ0v) is 11.9. The van der Waals surface area contributed by atoms with Gasteiger partial charge in [0.25, 0.3) is 0 Å². The van der Waals surface area contributed by atoms with Crippen LogP contribution in [0.2, 0.25) is 0 Å². The normalized spacial score (nSPS) is 13.8. The second kappa shape index (κ2) is 6.31. The second-order valence-electron chi connectivity index (χ2n) is 4.28. The standard InChI is InChI=1S/C13H21NO3S/c1-4-14(18(16,17)5-2)10-13(15)12-8-6-11(3)7-9-12/h6-9,13,15H,4-5,10H2,1-3H3. The van der Waals surface area contributed by atoms with Crippen molar-refractivity contribution in [2.24, 2.45) is 0 Å². The quantitative estimate of drug-likeness (QED) is 0.856. The van der Waals surface area contributed by atoms with Crippen LogP contribution >= 0.6 is 0 Å². The van der Waals surface area contributed by atoms with Gasteiger partial charge >= 0.3 is 0 Å². The molecule has 1 aromatic rings. The lowest BCUT2D eigenvalue weighted by molar-refractivity contribution is 0.149. The highest BCUT2D eigenvalue weighted by Crippen LogP contribution is 2.16. The lowest BCUT2D eigenvalue weighted by atomic mass is 10.1. The molecule has 0 saturated heterocycles. The first kappa shape index (κ1) is 15.1. The van der Waals surface area contributed by atoms with E-state index < -0.39 is 16.1 Å². The van der Waals surface area contributed by atoms with Crippen molar-refractivity contribution in [3.05, 3.63) is 35.4 Å². The van der Waals surface area contributed by atoms with E-state index in [1.54, 1.807) is 13.8 Å². The van der Waals surface area contributed by atoms with Crippen molar-refractivity contribution in [1.82, 2.24) is 4.31 Å². The van der Waals surface area contributed by atoms with Crippen molar-refractivity contribution in [3.8, 4) is 0 Å². The van der Waals surface area contributed by atoms with E-state index in [0.717, 1.165) is 11.1 Å². The molecule has 1 atom stereocenters. The largest absolute Gasteiger partial charge is 0.387 e. The summed E-state index contributed by atoms with van der Waals surface area (Å²) in [6.45, 7) is 5.83. The molecule has 0 aliphatic rings. The monoisotopic (exact) mass is 271 g/mol. The Bertz CT molecular complexity index is 468. The molecule has 0 fully saturated rings. The summed E-state index contributed by atoms with van der Waals surface area (Å²) in [6, 6.07) is 7.46. The number of nitrogens with zero attached hydrogens (tertiary/aromatic N) is 1. The lowest BCUT2D eigenvalue weighted by Crippen LogP contribution is -2.35. The van der Waals surface area contributed by atoms with Gasteiger partial charge in [0.2, 0.25) is 10.0 Å². The van der Waals surface area contributed by atoms with E-state index in [1.165, 1.54) is 4.31 Å². The minimum atomic E-state index is -3.25. The van der Waals surface area contributed by atoms with Gasteiger partial charge in [0.05, 0.1) is 11.9 Å². The molecule has 1 aromatic carbocycles. The molecule has 4 nitrogen and oxygen atoms in total. The number of aryl methyl sites for hydroxylation is 1. The zero-order valence-electron chi connectivity index (χ0n) is 11.1. The van der Waals surface area contributed by atoms with Crippen LogP contribution in [0.15, 0.2) is 24.3 Å². The molecule has 1 rings (SSSR count). The highest BCUT2D eigenvalue weighted by molar-refractivity contribution is 7.89. The maximum Gasteiger partial charge on any atom is 0.213 e. The Kier molecular flexibility index (Phi) is 5.31. The molecule has 0 aromatic heterocycles. The average molecular weight is 271 g/mol. The third-order valence-electron chi connectivity index (χ3n) is 2.95. The minimum absolute atomic E-state index is 0.0570. The van der Waals surface area contributed by atoms with Crippen LogP contribution < -0.4 is 0 Å². The van der Waals surface area contributed by atoms with Gasteiger partial charge in [-0.05, 0) is 19.4 Å². The van der Waals surface area contributed by atoms with Crippen molar-refractivity contribution < 1.29 is 13.5 Å². The first-order valence-electron chi connectivity index (χ1n) is 6.13. The third kappa shape index (κ3) is 3.80. The summed E-state index contributed by atoms with van der Waals surface area (Å²) in [6.07, 6.45) is -0.785. The number of rotatable bonds is 6. The maximum absolute atomic E-state index is 11.8. The topological polar surface area (TPSA) is 57.6 Å². The number of benzene rings is 1. The average Bonchev–Trinajstić information content (AvgIpc) is 2.36. The summed E-state index contributed by atoms with van der Waals surface area (Å²) in [5.41, 5.74) is 1.85. The van der Waals surface area contributed by atoms with Gasteiger partial charge in [-0.3, -0.25) is 0 Å². The van der Waals surface area contributed by atoms with Crippen LogP contribution in [-0.4, -0.2) is 36.7 Å². The van der Waals surface area contributed by atoms with Gasteiger partial charge in [-0.2, -0.15) is 4.31 Å². The lowest BCUT2D eigenvalue weighted by Gasteiger charge is -2.23. The molecular weight excluding hydrogens is 250 g/mol. The predicted octanol–water partition coefficient (Wildman–Crippen LogP) is 1.70. The molecule has 0 spiro atoms. The fraction of sp³-hybridized carbons (Fsp3) is 0.538. The molecular formula is C13H21NO3S. The number of aliphatic hydroxyl groups is 1. The SMILES string of the molecule is CCN(CC(O)c1ccc(C)cc1)S(=O)(=O)CC. The van der Waals surface area contributed by atoms with E-state index in [-0.39, 0.29) is 12.3 Å². The first-order valence-corrected chi connectivity index (χ1v) is 7.74.